The van der Waals surface area contributed by atoms with E-state index in [-0.39, 0.29) is 5.91 Å². The van der Waals surface area contributed by atoms with Gasteiger partial charge in [-0.2, -0.15) is 4.31 Å². The van der Waals surface area contributed by atoms with Gasteiger partial charge in [0.2, 0.25) is 0 Å². The molecule has 2 aromatic carbocycles. The summed E-state index contributed by atoms with van der Waals surface area (Å²) in [7, 11) is -3.48. The molecular formula is C21H20N2O3S2. The lowest BCUT2D eigenvalue weighted by Crippen LogP contribution is -2.35. The lowest BCUT2D eigenvalue weighted by atomic mass is 10.0. The van der Waals surface area contributed by atoms with Crippen LogP contribution in [0.5, 0.6) is 0 Å². The van der Waals surface area contributed by atoms with Crippen LogP contribution in [0.25, 0.3) is 0 Å². The number of aryl methyl sites for hydroxylation is 1. The maximum atomic E-state index is 12.8. The number of amides is 1. The number of rotatable bonds is 4. The second-order valence-corrected chi connectivity index (χ2v) is 9.89. The number of hydrogen-bond donors (Lipinski definition) is 1. The Morgan fingerprint density at radius 1 is 1.07 bits per heavy atom. The molecule has 144 valence electrons. The van der Waals surface area contributed by atoms with Gasteiger partial charge in [0, 0.05) is 24.3 Å². The Kier molecular flexibility index (Phi) is 5.05. The molecule has 0 saturated carbocycles. The number of sulfonamides is 1. The molecule has 1 aliphatic heterocycles. The molecule has 0 aliphatic carbocycles. The van der Waals surface area contributed by atoms with Crippen LogP contribution in [0.1, 0.15) is 27.0 Å². The van der Waals surface area contributed by atoms with Gasteiger partial charge in [0.05, 0.1) is 0 Å². The van der Waals surface area contributed by atoms with E-state index < -0.39 is 10.0 Å². The van der Waals surface area contributed by atoms with Crippen molar-refractivity contribution in [1.29, 1.82) is 0 Å². The van der Waals surface area contributed by atoms with Gasteiger partial charge in [-0.25, -0.2) is 8.42 Å². The van der Waals surface area contributed by atoms with E-state index in [1.165, 1.54) is 15.6 Å². The third kappa shape index (κ3) is 3.61. The lowest BCUT2D eigenvalue weighted by molar-refractivity contribution is 0.102. The van der Waals surface area contributed by atoms with Crippen molar-refractivity contribution in [3.63, 3.8) is 0 Å². The van der Waals surface area contributed by atoms with Crippen LogP contribution in [0.3, 0.4) is 0 Å². The number of fused-ring (bicyclic) bond motifs is 1. The number of benzene rings is 2. The third-order valence-electron chi connectivity index (χ3n) is 4.92. The van der Waals surface area contributed by atoms with Gasteiger partial charge in [0.1, 0.15) is 4.21 Å². The Morgan fingerprint density at radius 3 is 2.64 bits per heavy atom. The average Bonchev–Trinajstić information content (AvgIpc) is 3.23. The minimum absolute atomic E-state index is 0.170. The van der Waals surface area contributed by atoms with E-state index >= 15 is 0 Å². The minimum atomic E-state index is -3.48. The van der Waals surface area contributed by atoms with Gasteiger partial charge in [0.15, 0.2) is 0 Å². The molecule has 0 bridgehead atoms. The highest BCUT2D eigenvalue weighted by atomic mass is 32.2. The standard InChI is InChI=1S/C21H20N2O3S2/c1-15-5-2-3-6-19(15)21(24)22-18-9-8-16-10-11-23(14-17(16)13-18)28(25,26)20-7-4-12-27-20/h2-9,12-13H,10-11,14H2,1H3,(H,22,24). The van der Waals surface area contributed by atoms with Crippen LogP contribution in [0, 0.1) is 6.92 Å². The van der Waals surface area contributed by atoms with E-state index in [1.54, 1.807) is 23.6 Å². The second kappa shape index (κ2) is 7.50. The summed E-state index contributed by atoms with van der Waals surface area (Å²) in [6, 6.07) is 16.5. The summed E-state index contributed by atoms with van der Waals surface area (Å²) >= 11 is 1.23. The van der Waals surface area contributed by atoms with Crippen molar-refractivity contribution in [1.82, 2.24) is 4.31 Å². The average molecular weight is 413 g/mol. The molecule has 7 heteroatoms. The first-order valence-electron chi connectivity index (χ1n) is 8.97. The zero-order chi connectivity index (χ0) is 19.7. The highest BCUT2D eigenvalue weighted by Crippen LogP contribution is 2.29. The van der Waals surface area contributed by atoms with Crippen molar-refractivity contribution in [2.24, 2.45) is 0 Å². The van der Waals surface area contributed by atoms with E-state index in [0.29, 0.717) is 35.0 Å². The van der Waals surface area contributed by atoms with Crippen molar-refractivity contribution in [3.05, 3.63) is 82.2 Å². The molecule has 1 amide bonds. The van der Waals surface area contributed by atoms with Crippen LogP contribution in [-0.2, 0) is 23.0 Å². The molecule has 4 rings (SSSR count). The normalized spacial score (nSPS) is 14.5. The number of nitrogens with zero attached hydrogens (tertiary/aromatic N) is 1. The molecule has 0 saturated heterocycles. The summed E-state index contributed by atoms with van der Waals surface area (Å²) in [4.78, 5) is 12.6. The molecule has 5 nitrogen and oxygen atoms in total. The van der Waals surface area contributed by atoms with Crippen LogP contribution in [0.2, 0.25) is 0 Å². The molecule has 0 atom stereocenters. The maximum absolute atomic E-state index is 12.8. The first-order valence-corrected chi connectivity index (χ1v) is 11.3. The van der Waals surface area contributed by atoms with Crippen LogP contribution in [0.15, 0.2) is 64.2 Å². The van der Waals surface area contributed by atoms with Crippen LogP contribution < -0.4 is 5.32 Å². The Bertz CT molecular complexity index is 1120. The fraction of sp³-hybridized carbons (Fsp3) is 0.190. The minimum Gasteiger partial charge on any atom is -0.322 e. The van der Waals surface area contributed by atoms with Gasteiger partial charge in [-0.15, -0.1) is 11.3 Å². The van der Waals surface area contributed by atoms with E-state index in [1.807, 2.05) is 43.3 Å². The Morgan fingerprint density at radius 2 is 1.89 bits per heavy atom. The van der Waals surface area contributed by atoms with Gasteiger partial charge >= 0.3 is 0 Å². The molecule has 1 aliphatic rings. The molecule has 28 heavy (non-hydrogen) atoms. The van der Waals surface area contributed by atoms with Crippen LogP contribution in [0.4, 0.5) is 5.69 Å². The molecule has 0 radical (unpaired) electrons. The Labute approximate surface area is 168 Å². The number of carbonyl (C=O) groups is 1. The second-order valence-electron chi connectivity index (χ2n) is 6.77. The molecule has 1 aromatic heterocycles. The third-order valence-corrected chi connectivity index (χ3v) is 8.14. The maximum Gasteiger partial charge on any atom is 0.255 e. The van der Waals surface area contributed by atoms with Gasteiger partial charge in [-0.05, 0) is 59.7 Å². The molecule has 0 unspecified atom stereocenters. The number of nitrogens with one attached hydrogen (secondary N) is 1. The predicted octanol–water partition coefficient (Wildman–Crippen LogP) is 4.06. The summed E-state index contributed by atoms with van der Waals surface area (Å²) in [5.74, 6) is -0.170. The fourth-order valence-corrected chi connectivity index (χ4v) is 5.94. The van der Waals surface area contributed by atoms with Crippen LogP contribution >= 0.6 is 11.3 Å². The highest BCUT2D eigenvalue weighted by molar-refractivity contribution is 7.91. The van der Waals surface area contributed by atoms with Crippen molar-refractivity contribution >= 4 is 33.0 Å². The van der Waals surface area contributed by atoms with Crippen molar-refractivity contribution in [3.8, 4) is 0 Å². The first kappa shape index (κ1) is 18.9. The molecule has 2 heterocycles. The van der Waals surface area contributed by atoms with E-state index in [2.05, 4.69) is 5.32 Å². The smallest absolute Gasteiger partial charge is 0.255 e. The van der Waals surface area contributed by atoms with E-state index in [0.717, 1.165) is 16.7 Å². The van der Waals surface area contributed by atoms with Crippen molar-refractivity contribution in [2.45, 2.75) is 24.1 Å². The quantitative estimate of drug-likeness (QED) is 0.703. The van der Waals surface area contributed by atoms with Gasteiger partial charge in [0.25, 0.3) is 15.9 Å². The van der Waals surface area contributed by atoms with Crippen molar-refractivity contribution in [2.75, 3.05) is 11.9 Å². The molecule has 0 spiro atoms. The largest absolute Gasteiger partial charge is 0.322 e. The van der Waals surface area contributed by atoms with E-state index in [9.17, 15) is 13.2 Å². The zero-order valence-electron chi connectivity index (χ0n) is 15.4. The topological polar surface area (TPSA) is 66.5 Å². The number of anilines is 1. The Balaban J connectivity index is 1.56. The Hall–Kier alpha value is -2.48. The zero-order valence-corrected chi connectivity index (χ0v) is 17.0. The van der Waals surface area contributed by atoms with Gasteiger partial charge in [-0.1, -0.05) is 30.3 Å². The van der Waals surface area contributed by atoms with Crippen molar-refractivity contribution < 1.29 is 13.2 Å². The predicted molar refractivity (Wildman–Crippen MR) is 111 cm³/mol. The van der Waals surface area contributed by atoms with Gasteiger partial charge in [-0.3, -0.25) is 4.79 Å². The molecular weight excluding hydrogens is 392 g/mol. The number of thiophene rings is 1. The summed E-state index contributed by atoms with van der Waals surface area (Å²) in [5.41, 5.74) is 4.25. The fourth-order valence-electron chi connectivity index (χ4n) is 3.38. The SMILES string of the molecule is Cc1ccccc1C(=O)Nc1ccc2c(c1)CN(S(=O)(=O)c1cccs1)CC2. The van der Waals surface area contributed by atoms with E-state index in [4.69, 9.17) is 0 Å². The summed E-state index contributed by atoms with van der Waals surface area (Å²) in [6.07, 6.45) is 0.659. The molecule has 3 aromatic rings. The lowest BCUT2D eigenvalue weighted by Gasteiger charge is -2.28. The first-order chi connectivity index (χ1) is 13.4. The van der Waals surface area contributed by atoms with Crippen LogP contribution in [-0.4, -0.2) is 25.2 Å². The summed E-state index contributed by atoms with van der Waals surface area (Å²) in [6.45, 7) is 2.67. The number of carbonyl (C=O) groups excluding carboxylic acids is 1. The summed E-state index contributed by atoms with van der Waals surface area (Å²) < 4.78 is 27.5. The monoisotopic (exact) mass is 412 g/mol. The summed E-state index contributed by atoms with van der Waals surface area (Å²) in [5, 5.41) is 4.69. The number of hydrogen-bond acceptors (Lipinski definition) is 4. The molecule has 1 N–H and O–H groups in total. The molecule has 0 fully saturated rings. The van der Waals surface area contributed by atoms with Gasteiger partial charge < -0.3 is 5.32 Å². The highest BCUT2D eigenvalue weighted by Gasteiger charge is 2.29.